The maximum Gasteiger partial charge on any atom is 0.410 e. The van der Waals surface area contributed by atoms with Gasteiger partial charge < -0.3 is 20.3 Å². The first-order chi connectivity index (χ1) is 13.5. The molecule has 3 amide bonds. The van der Waals surface area contributed by atoms with Gasteiger partial charge >= 0.3 is 6.09 Å². The van der Waals surface area contributed by atoms with Crippen LogP contribution in [0.1, 0.15) is 68.4 Å². The zero-order valence-corrected chi connectivity index (χ0v) is 17.9. The number of hydrogen-bond acceptors (Lipinski definition) is 5. The summed E-state index contributed by atoms with van der Waals surface area (Å²) in [5.41, 5.74) is -0.0696. The monoisotopic (exact) mass is 404 g/mol. The minimum absolute atomic E-state index is 0.00618. The van der Waals surface area contributed by atoms with Crippen LogP contribution in [0.15, 0.2) is 18.2 Å². The fourth-order valence-corrected chi connectivity index (χ4v) is 3.00. The zero-order valence-electron chi connectivity index (χ0n) is 17.9. The van der Waals surface area contributed by atoms with Crippen molar-refractivity contribution in [2.75, 3.05) is 19.6 Å². The Morgan fingerprint density at radius 3 is 2.28 bits per heavy atom. The second kappa shape index (κ2) is 9.71. The number of aromatic nitrogens is 1. The van der Waals surface area contributed by atoms with E-state index in [-0.39, 0.29) is 41.3 Å². The predicted octanol–water partition coefficient (Wildman–Crippen LogP) is 2.60. The van der Waals surface area contributed by atoms with Crippen molar-refractivity contribution < 1.29 is 19.1 Å². The standard InChI is InChI=1S/C21H32N4O4/c1-14(2)23-19(27)17-8-6-7-16(24-17)18(26)22-13-15-9-11-25(12-10-15)20(28)29-21(3,4)5/h6-8,14-15H,9-13H2,1-5H3,(H,22,26)(H,23,27). The van der Waals surface area contributed by atoms with Gasteiger partial charge in [0.25, 0.3) is 11.8 Å². The molecule has 1 aromatic heterocycles. The highest BCUT2D eigenvalue weighted by atomic mass is 16.6. The van der Waals surface area contributed by atoms with E-state index in [0.29, 0.717) is 19.6 Å². The fraction of sp³-hybridized carbons (Fsp3) is 0.619. The van der Waals surface area contributed by atoms with Gasteiger partial charge in [0.1, 0.15) is 17.0 Å². The Morgan fingerprint density at radius 1 is 1.14 bits per heavy atom. The number of hydrogen-bond donors (Lipinski definition) is 2. The minimum atomic E-state index is -0.504. The maximum absolute atomic E-state index is 12.4. The number of nitrogens with zero attached hydrogens (tertiary/aromatic N) is 2. The van der Waals surface area contributed by atoms with Gasteiger partial charge in [-0.25, -0.2) is 9.78 Å². The number of ether oxygens (including phenoxy) is 1. The number of rotatable bonds is 5. The van der Waals surface area contributed by atoms with Crippen molar-refractivity contribution in [2.24, 2.45) is 5.92 Å². The fourth-order valence-electron chi connectivity index (χ4n) is 3.00. The van der Waals surface area contributed by atoms with Crippen molar-refractivity contribution in [3.8, 4) is 0 Å². The molecule has 8 nitrogen and oxygen atoms in total. The molecule has 1 saturated heterocycles. The number of amides is 3. The van der Waals surface area contributed by atoms with Crippen molar-refractivity contribution in [1.29, 1.82) is 0 Å². The molecule has 2 N–H and O–H groups in total. The van der Waals surface area contributed by atoms with Gasteiger partial charge in [-0.05, 0) is 65.5 Å². The molecule has 1 fully saturated rings. The van der Waals surface area contributed by atoms with E-state index in [0.717, 1.165) is 12.8 Å². The van der Waals surface area contributed by atoms with Crippen molar-refractivity contribution in [3.05, 3.63) is 29.6 Å². The van der Waals surface area contributed by atoms with Crippen LogP contribution in [0, 0.1) is 5.92 Å². The third-order valence-electron chi connectivity index (χ3n) is 4.45. The molecule has 0 atom stereocenters. The maximum atomic E-state index is 12.4. The van der Waals surface area contributed by atoms with Crippen molar-refractivity contribution in [3.63, 3.8) is 0 Å². The van der Waals surface area contributed by atoms with Gasteiger partial charge in [0.05, 0.1) is 0 Å². The second-order valence-corrected chi connectivity index (χ2v) is 8.66. The van der Waals surface area contributed by atoms with Crippen LogP contribution in [-0.4, -0.2) is 59.1 Å². The Hall–Kier alpha value is -2.64. The molecule has 2 rings (SSSR count). The Labute approximate surface area is 172 Å². The van der Waals surface area contributed by atoms with Crippen LogP contribution in [0.2, 0.25) is 0 Å². The summed E-state index contributed by atoms with van der Waals surface area (Å²) in [6.07, 6.45) is 1.30. The molecule has 2 heterocycles. The highest BCUT2D eigenvalue weighted by molar-refractivity contribution is 5.96. The van der Waals surface area contributed by atoms with E-state index in [1.807, 2.05) is 34.6 Å². The Kier molecular flexibility index (Phi) is 7.59. The zero-order chi connectivity index (χ0) is 21.6. The molecule has 1 aromatic rings. The van der Waals surface area contributed by atoms with Gasteiger partial charge in [0, 0.05) is 25.7 Å². The van der Waals surface area contributed by atoms with Crippen molar-refractivity contribution in [1.82, 2.24) is 20.5 Å². The molecular formula is C21H32N4O4. The second-order valence-electron chi connectivity index (χ2n) is 8.66. The quantitative estimate of drug-likeness (QED) is 0.786. The number of pyridine rings is 1. The van der Waals surface area contributed by atoms with Gasteiger partial charge in [-0.15, -0.1) is 0 Å². The normalized spacial score (nSPS) is 15.2. The van der Waals surface area contributed by atoms with E-state index in [1.165, 1.54) is 0 Å². The average molecular weight is 405 g/mol. The average Bonchev–Trinajstić information content (AvgIpc) is 2.64. The summed E-state index contributed by atoms with van der Waals surface area (Å²) >= 11 is 0. The van der Waals surface area contributed by atoms with E-state index in [9.17, 15) is 14.4 Å². The number of carbonyl (C=O) groups excluding carboxylic acids is 3. The van der Waals surface area contributed by atoms with Crippen LogP contribution in [0.3, 0.4) is 0 Å². The molecule has 0 unspecified atom stereocenters. The molecule has 0 aromatic carbocycles. The summed E-state index contributed by atoms with van der Waals surface area (Å²) in [6.45, 7) is 11.0. The Bertz CT molecular complexity index is 734. The van der Waals surface area contributed by atoms with Crippen LogP contribution in [-0.2, 0) is 4.74 Å². The molecule has 0 radical (unpaired) electrons. The summed E-state index contributed by atoms with van der Waals surface area (Å²) in [5.74, 6) is -0.326. The Morgan fingerprint density at radius 2 is 1.72 bits per heavy atom. The molecule has 0 bridgehead atoms. The molecule has 0 aliphatic carbocycles. The van der Waals surface area contributed by atoms with Gasteiger partial charge in [0.2, 0.25) is 0 Å². The Balaban J connectivity index is 1.82. The third kappa shape index (κ3) is 7.36. The van der Waals surface area contributed by atoms with Crippen molar-refractivity contribution in [2.45, 2.75) is 59.1 Å². The van der Waals surface area contributed by atoms with Crippen LogP contribution in [0.5, 0.6) is 0 Å². The number of nitrogens with one attached hydrogen (secondary N) is 2. The SMILES string of the molecule is CC(C)NC(=O)c1cccc(C(=O)NCC2CCN(C(=O)OC(C)(C)C)CC2)n1. The molecular weight excluding hydrogens is 372 g/mol. The van der Waals surface area contributed by atoms with E-state index in [4.69, 9.17) is 4.74 Å². The molecule has 8 heteroatoms. The smallest absolute Gasteiger partial charge is 0.410 e. The molecule has 29 heavy (non-hydrogen) atoms. The van der Waals surface area contributed by atoms with Gasteiger partial charge in [-0.1, -0.05) is 6.07 Å². The number of piperidine rings is 1. The third-order valence-corrected chi connectivity index (χ3v) is 4.45. The lowest BCUT2D eigenvalue weighted by Crippen LogP contribution is -2.43. The first-order valence-electron chi connectivity index (χ1n) is 10.1. The van der Waals surface area contributed by atoms with Gasteiger partial charge in [0.15, 0.2) is 0 Å². The van der Waals surface area contributed by atoms with Crippen LogP contribution in [0.25, 0.3) is 0 Å². The predicted molar refractivity (Wildman–Crippen MR) is 110 cm³/mol. The lowest BCUT2D eigenvalue weighted by Gasteiger charge is -2.33. The minimum Gasteiger partial charge on any atom is -0.444 e. The van der Waals surface area contributed by atoms with Crippen molar-refractivity contribution >= 4 is 17.9 Å². The number of likely N-dealkylation sites (tertiary alicyclic amines) is 1. The van der Waals surface area contributed by atoms with E-state index in [1.54, 1.807) is 23.1 Å². The lowest BCUT2D eigenvalue weighted by atomic mass is 9.97. The first kappa shape index (κ1) is 22.6. The topological polar surface area (TPSA) is 101 Å². The van der Waals surface area contributed by atoms with Crippen LogP contribution in [0.4, 0.5) is 4.79 Å². The van der Waals surface area contributed by atoms with E-state index < -0.39 is 5.60 Å². The highest BCUT2D eigenvalue weighted by Gasteiger charge is 2.27. The first-order valence-corrected chi connectivity index (χ1v) is 10.1. The van der Waals surface area contributed by atoms with E-state index >= 15 is 0 Å². The lowest BCUT2D eigenvalue weighted by molar-refractivity contribution is 0.0183. The van der Waals surface area contributed by atoms with Crippen LogP contribution >= 0.6 is 0 Å². The highest BCUT2D eigenvalue weighted by Crippen LogP contribution is 2.19. The molecule has 0 spiro atoms. The number of carbonyl (C=O) groups is 3. The van der Waals surface area contributed by atoms with Gasteiger partial charge in [-0.3, -0.25) is 9.59 Å². The summed E-state index contributed by atoms with van der Waals surface area (Å²) in [5, 5.41) is 5.65. The molecule has 160 valence electrons. The summed E-state index contributed by atoms with van der Waals surface area (Å²) < 4.78 is 5.40. The molecule has 0 saturated carbocycles. The van der Waals surface area contributed by atoms with Crippen LogP contribution < -0.4 is 10.6 Å². The van der Waals surface area contributed by atoms with E-state index in [2.05, 4.69) is 15.6 Å². The summed E-state index contributed by atoms with van der Waals surface area (Å²) in [6, 6.07) is 4.82. The summed E-state index contributed by atoms with van der Waals surface area (Å²) in [4.78, 5) is 42.5. The summed E-state index contributed by atoms with van der Waals surface area (Å²) in [7, 11) is 0. The van der Waals surface area contributed by atoms with Gasteiger partial charge in [-0.2, -0.15) is 0 Å². The molecule has 1 aliphatic heterocycles. The molecule has 1 aliphatic rings. The largest absolute Gasteiger partial charge is 0.444 e.